The molecule has 1 aromatic heterocycles. The molecule has 13 heteroatoms. The Morgan fingerprint density at radius 1 is 1.02 bits per heavy atom. The van der Waals surface area contributed by atoms with Crippen LogP contribution in [0.15, 0.2) is 55.1 Å². The first kappa shape index (κ1) is 42.9. The van der Waals surface area contributed by atoms with E-state index in [0.29, 0.717) is 49.0 Å². The lowest BCUT2D eigenvalue weighted by atomic mass is 9.78. The van der Waals surface area contributed by atoms with Crippen LogP contribution in [0.3, 0.4) is 0 Å². The number of H-pyrrole nitrogens is 1. The summed E-state index contributed by atoms with van der Waals surface area (Å²) in [6.07, 6.45) is 4.24. The number of aryl methyl sites for hydroxylation is 1. The number of aromatic amines is 1. The predicted octanol–water partition coefficient (Wildman–Crippen LogP) is 5.80. The van der Waals surface area contributed by atoms with Gasteiger partial charge in [0.05, 0.1) is 11.9 Å². The molecule has 5 rings (SSSR count). The van der Waals surface area contributed by atoms with Gasteiger partial charge in [-0.1, -0.05) is 83.5 Å². The highest BCUT2D eigenvalue weighted by atomic mass is 19.3. The molecule has 2 aromatic carbocycles. The minimum atomic E-state index is -3.30. The summed E-state index contributed by atoms with van der Waals surface area (Å²) < 4.78 is 50.0. The van der Waals surface area contributed by atoms with Crippen molar-refractivity contribution in [3.63, 3.8) is 0 Å². The molecule has 1 aliphatic carbocycles. The summed E-state index contributed by atoms with van der Waals surface area (Å²) in [5.41, 5.74) is 0.151. The van der Waals surface area contributed by atoms with E-state index in [1.54, 1.807) is 24.3 Å². The molecule has 6 N–H and O–H groups in total. The molecular weight excluding hydrogens is 722 g/mol. The van der Waals surface area contributed by atoms with Gasteiger partial charge in [0.25, 0.3) is 5.92 Å². The van der Waals surface area contributed by atoms with Gasteiger partial charge in [-0.25, -0.2) is 4.39 Å². The molecule has 0 spiro atoms. The Kier molecular flexibility index (Phi) is 14.8. The lowest BCUT2D eigenvalue weighted by Crippen LogP contribution is -2.66. The van der Waals surface area contributed by atoms with Gasteiger partial charge in [-0.2, -0.15) is 8.78 Å². The van der Waals surface area contributed by atoms with Gasteiger partial charge >= 0.3 is 0 Å². The molecule has 1 saturated heterocycles. The van der Waals surface area contributed by atoms with Crippen LogP contribution in [0.1, 0.15) is 82.2 Å². The SMILES string of the molecule is C=CC(F)(F)c1cccc2c3c([nH]c12)CC[C@](NC(=O)[C@@H](NC(=O)Cc1ccccc1F)C(C)CC)(C(=O)N[C@H](CNCNCC1CCOCC1)C(C)CC)C3. The van der Waals surface area contributed by atoms with Crippen LogP contribution in [-0.4, -0.2) is 73.3 Å². The second kappa shape index (κ2) is 19.3. The van der Waals surface area contributed by atoms with Crippen molar-refractivity contribution in [2.75, 3.05) is 33.0 Å². The summed E-state index contributed by atoms with van der Waals surface area (Å²) in [4.78, 5) is 45.8. The van der Waals surface area contributed by atoms with E-state index in [2.05, 4.69) is 52.0 Å². The number of carbonyl (C=O) groups is 3. The van der Waals surface area contributed by atoms with E-state index in [1.807, 2.05) is 13.8 Å². The molecule has 2 aliphatic rings. The molecule has 0 saturated carbocycles. The van der Waals surface area contributed by atoms with Crippen LogP contribution in [0.25, 0.3) is 10.9 Å². The standard InChI is InChI=1S/C43H59F3N6O4/c1-6-27(4)36(25-48-26-47-24-29-17-20-56-21-18-29)50-41(55)42(19-16-35-32(23-42)31-13-11-14-33(39(31)49-35)43(45,46)8-3)52-40(54)38(28(5)7-2)51-37(53)22-30-12-9-10-15-34(30)44/h8-15,27-29,36,38,47-49H,3,6-7,16-26H2,1-2,4-5H3,(H,50,55)(H,51,53)(H,52,54)/t27?,28?,36-,38+,42-/m1/s1. The van der Waals surface area contributed by atoms with Gasteiger partial charge in [-0.15, -0.1) is 0 Å². The number of allylic oxidation sites excluding steroid dienone is 1. The largest absolute Gasteiger partial charge is 0.381 e. The lowest BCUT2D eigenvalue weighted by molar-refractivity contribution is -0.137. The fourth-order valence-corrected chi connectivity index (χ4v) is 7.80. The van der Waals surface area contributed by atoms with Crippen molar-refractivity contribution in [1.82, 2.24) is 31.6 Å². The van der Waals surface area contributed by atoms with Crippen LogP contribution in [0.5, 0.6) is 0 Å². The van der Waals surface area contributed by atoms with Crippen LogP contribution in [0.4, 0.5) is 13.2 Å². The Bertz CT molecular complexity index is 1830. The van der Waals surface area contributed by atoms with E-state index in [0.717, 1.165) is 44.7 Å². The van der Waals surface area contributed by atoms with Crippen LogP contribution in [-0.2, 0) is 44.3 Å². The molecule has 0 bridgehead atoms. The van der Waals surface area contributed by atoms with Gasteiger partial charge in [0.1, 0.15) is 17.4 Å². The fourth-order valence-electron chi connectivity index (χ4n) is 7.80. The number of ether oxygens (including phenoxy) is 1. The molecule has 3 aromatic rings. The normalized spacial score (nSPS) is 19.7. The molecule has 1 aliphatic heterocycles. The summed E-state index contributed by atoms with van der Waals surface area (Å²) >= 11 is 0. The first-order valence-electron chi connectivity index (χ1n) is 20.1. The number of nitrogens with one attached hydrogen (secondary N) is 6. The smallest absolute Gasteiger partial charge is 0.293 e. The molecular formula is C43H59F3N6O4. The Morgan fingerprint density at radius 2 is 1.75 bits per heavy atom. The maximum Gasteiger partial charge on any atom is 0.293 e. The van der Waals surface area contributed by atoms with E-state index in [1.165, 1.54) is 18.2 Å². The zero-order valence-electron chi connectivity index (χ0n) is 33.2. The topological polar surface area (TPSA) is 136 Å². The number of rotatable bonds is 19. The highest BCUT2D eigenvalue weighted by Gasteiger charge is 2.46. The fraction of sp³-hybridized carbons (Fsp3) is 0.558. The summed E-state index contributed by atoms with van der Waals surface area (Å²) in [5.74, 6) is -4.97. The number of alkyl halides is 2. The number of para-hydroxylation sites is 1. The van der Waals surface area contributed by atoms with E-state index >= 15 is 8.78 Å². The summed E-state index contributed by atoms with van der Waals surface area (Å²) in [6.45, 7) is 14.7. The maximum atomic E-state index is 15.1. The number of benzene rings is 2. The van der Waals surface area contributed by atoms with Crippen LogP contribution in [0, 0.1) is 23.6 Å². The molecule has 2 heterocycles. The van der Waals surface area contributed by atoms with E-state index < -0.39 is 35.1 Å². The van der Waals surface area contributed by atoms with Gasteiger partial charge < -0.3 is 36.3 Å². The number of hydrogen-bond donors (Lipinski definition) is 6. The monoisotopic (exact) mass is 780 g/mol. The highest BCUT2D eigenvalue weighted by molar-refractivity contribution is 5.97. The van der Waals surface area contributed by atoms with Crippen molar-refractivity contribution < 1.29 is 32.3 Å². The van der Waals surface area contributed by atoms with Crippen molar-refractivity contribution >= 4 is 28.6 Å². The molecule has 1 fully saturated rings. The molecule has 10 nitrogen and oxygen atoms in total. The van der Waals surface area contributed by atoms with Crippen molar-refractivity contribution in [3.8, 4) is 0 Å². The van der Waals surface area contributed by atoms with Crippen LogP contribution >= 0.6 is 0 Å². The Hall–Kier alpha value is -4.20. The minimum Gasteiger partial charge on any atom is -0.381 e. The number of aromatic nitrogens is 1. The lowest BCUT2D eigenvalue weighted by Gasteiger charge is -2.40. The Labute approximate surface area is 328 Å². The van der Waals surface area contributed by atoms with Gasteiger partial charge in [0.2, 0.25) is 17.7 Å². The number of amides is 3. The summed E-state index contributed by atoms with van der Waals surface area (Å²) in [6, 6.07) is 9.32. The third-order valence-electron chi connectivity index (χ3n) is 11.9. The third-order valence-corrected chi connectivity index (χ3v) is 11.9. The maximum absolute atomic E-state index is 15.1. The highest BCUT2D eigenvalue weighted by Crippen LogP contribution is 2.40. The molecule has 0 radical (unpaired) electrons. The number of hydrogen-bond acceptors (Lipinski definition) is 6. The first-order chi connectivity index (χ1) is 26.8. The minimum absolute atomic E-state index is 0.0345. The molecule has 2 unspecified atom stereocenters. The van der Waals surface area contributed by atoms with Crippen molar-refractivity contribution in [1.29, 1.82) is 0 Å². The summed E-state index contributed by atoms with van der Waals surface area (Å²) in [7, 11) is 0. The van der Waals surface area contributed by atoms with Gasteiger partial charge in [0, 0.05) is 55.5 Å². The second-order valence-corrected chi connectivity index (χ2v) is 15.7. The number of carbonyl (C=O) groups excluding carboxylic acids is 3. The van der Waals surface area contributed by atoms with Crippen LogP contribution < -0.4 is 26.6 Å². The predicted molar refractivity (Wildman–Crippen MR) is 213 cm³/mol. The molecule has 56 heavy (non-hydrogen) atoms. The quantitative estimate of drug-likeness (QED) is 0.0518. The Morgan fingerprint density at radius 3 is 2.45 bits per heavy atom. The first-order valence-corrected chi connectivity index (χ1v) is 20.1. The number of halogens is 3. The summed E-state index contributed by atoms with van der Waals surface area (Å²) in [5, 5.41) is 16.6. The molecule has 5 atom stereocenters. The zero-order valence-corrected chi connectivity index (χ0v) is 33.2. The van der Waals surface area contributed by atoms with Gasteiger partial charge in [0.15, 0.2) is 0 Å². The average Bonchev–Trinajstić information content (AvgIpc) is 3.57. The van der Waals surface area contributed by atoms with Crippen LogP contribution in [0.2, 0.25) is 0 Å². The Balaban J connectivity index is 1.42. The van der Waals surface area contributed by atoms with E-state index in [-0.39, 0.29) is 59.7 Å². The van der Waals surface area contributed by atoms with Gasteiger partial charge in [-0.3, -0.25) is 14.4 Å². The zero-order chi connectivity index (χ0) is 40.5. The molecule has 306 valence electrons. The van der Waals surface area contributed by atoms with Gasteiger partial charge in [-0.05, 0) is 73.3 Å². The second-order valence-electron chi connectivity index (χ2n) is 15.7. The third kappa shape index (κ3) is 10.2. The molecule has 3 amide bonds. The van der Waals surface area contributed by atoms with Crippen molar-refractivity contribution in [2.45, 2.75) is 103 Å². The van der Waals surface area contributed by atoms with E-state index in [9.17, 15) is 18.8 Å². The number of fused-ring (bicyclic) bond motifs is 3. The van der Waals surface area contributed by atoms with Crippen molar-refractivity contribution in [3.05, 3.63) is 83.3 Å². The van der Waals surface area contributed by atoms with Crippen molar-refractivity contribution in [2.24, 2.45) is 17.8 Å². The van der Waals surface area contributed by atoms with E-state index in [4.69, 9.17) is 4.74 Å². The average molecular weight is 781 g/mol.